The molecule has 1 amide bonds. The van der Waals surface area contributed by atoms with E-state index in [1.807, 2.05) is 12.1 Å². The lowest BCUT2D eigenvalue weighted by Gasteiger charge is -2.02. The van der Waals surface area contributed by atoms with Crippen LogP contribution in [0.15, 0.2) is 18.3 Å². The molecular weight excluding hydrogens is 291 g/mol. The van der Waals surface area contributed by atoms with Crippen LogP contribution in [0.1, 0.15) is 13.3 Å². The number of anilines is 1. The van der Waals surface area contributed by atoms with Crippen LogP contribution in [0.25, 0.3) is 0 Å². The zero-order chi connectivity index (χ0) is 10.1. The zero-order valence-electron chi connectivity index (χ0n) is 7.83. The number of hydrogen-bond acceptors (Lipinski definition) is 2. The monoisotopic (exact) mass is 302 g/mol. The number of aromatic nitrogens is 1. The van der Waals surface area contributed by atoms with E-state index in [4.69, 9.17) is 0 Å². The number of hydrogen-bond donors (Lipinski definition) is 1. The molecule has 14 heavy (non-hydrogen) atoms. The summed E-state index contributed by atoms with van der Waals surface area (Å²) >= 11 is 2.18. The van der Waals surface area contributed by atoms with Gasteiger partial charge in [-0.25, -0.2) is 4.98 Å². The number of carbonyl (C=O) groups excluding carboxylic acids is 1. The molecule has 0 aliphatic heterocycles. The van der Waals surface area contributed by atoms with Gasteiger partial charge in [0.15, 0.2) is 0 Å². The van der Waals surface area contributed by atoms with Crippen LogP contribution in [0.5, 0.6) is 0 Å². The maximum absolute atomic E-state index is 11.5. The third kappa shape index (κ3) is 2.23. The predicted octanol–water partition coefficient (Wildman–Crippen LogP) is 2.28. The number of halogens is 1. The van der Waals surface area contributed by atoms with E-state index in [1.165, 1.54) is 0 Å². The van der Waals surface area contributed by atoms with Gasteiger partial charge in [0.05, 0.1) is 0 Å². The Labute approximate surface area is 96.4 Å². The minimum absolute atomic E-state index is 0.103. The summed E-state index contributed by atoms with van der Waals surface area (Å²) < 4.78 is 1.07. The molecule has 1 aliphatic carbocycles. The Morgan fingerprint density at radius 2 is 2.36 bits per heavy atom. The molecule has 0 aromatic carbocycles. The molecule has 0 spiro atoms. The van der Waals surface area contributed by atoms with Crippen molar-refractivity contribution in [3.63, 3.8) is 0 Å². The van der Waals surface area contributed by atoms with Crippen molar-refractivity contribution in [2.75, 3.05) is 5.32 Å². The molecule has 1 N–H and O–H groups in total. The van der Waals surface area contributed by atoms with E-state index in [0.29, 0.717) is 11.7 Å². The van der Waals surface area contributed by atoms with Crippen LogP contribution in [-0.2, 0) is 4.79 Å². The van der Waals surface area contributed by atoms with E-state index in [1.54, 1.807) is 6.20 Å². The molecule has 74 valence electrons. The predicted molar refractivity (Wildman–Crippen MR) is 62.9 cm³/mol. The molecule has 1 saturated carbocycles. The Morgan fingerprint density at radius 1 is 1.64 bits per heavy atom. The topological polar surface area (TPSA) is 42.0 Å². The quantitative estimate of drug-likeness (QED) is 0.852. The summed E-state index contributed by atoms with van der Waals surface area (Å²) in [5.74, 6) is 1.50. The highest BCUT2D eigenvalue weighted by Crippen LogP contribution is 2.38. The second-order valence-electron chi connectivity index (χ2n) is 3.67. The van der Waals surface area contributed by atoms with Crippen molar-refractivity contribution >= 4 is 34.3 Å². The molecule has 1 heterocycles. The fourth-order valence-electron chi connectivity index (χ4n) is 1.36. The van der Waals surface area contributed by atoms with Crippen LogP contribution in [-0.4, -0.2) is 10.9 Å². The lowest BCUT2D eigenvalue weighted by molar-refractivity contribution is -0.117. The normalized spacial score (nSPS) is 24.4. The summed E-state index contributed by atoms with van der Waals surface area (Å²) in [6.45, 7) is 2.09. The van der Waals surface area contributed by atoms with Crippen LogP contribution in [0.2, 0.25) is 0 Å². The van der Waals surface area contributed by atoms with Crippen molar-refractivity contribution in [1.29, 1.82) is 0 Å². The van der Waals surface area contributed by atoms with Crippen molar-refractivity contribution in [1.82, 2.24) is 4.98 Å². The molecule has 2 rings (SSSR count). The van der Waals surface area contributed by atoms with E-state index >= 15 is 0 Å². The Morgan fingerprint density at radius 3 is 2.86 bits per heavy atom. The number of carbonyl (C=O) groups is 1. The second-order valence-corrected chi connectivity index (χ2v) is 4.92. The van der Waals surface area contributed by atoms with Gasteiger partial charge in [0.1, 0.15) is 5.82 Å². The fourth-order valence-corrected chi connectivity index (χ4v) is 1.68. The summed E-state index contributed by atoms with van der Waals surface area (Å²) in [5, 5.41) is 2.81. The second kappa shape index (κ2) is 3.84. The van der Waals surface area contributed by atoms with Gasteiger partial charge in [0.2, 0.25) is 5.91 Å². The maximum atomic E-state index is 11.5. The highest BCUT2D eigenvalue weighted by molar-refractivity contribution is 14.1. The van der Waals surface area contributed by atoms with Gasteiger partial charge < -0.3 is 5.32 Å². The number of rotatable bonds is 2. The smallest absolute Gasteiger partial charge is 0.228 e. The lowest BCUT2D eigenvalue weighted by Crippen LogP contribution is -2.15. The molecule has 1 aliphatic rings. The number of nitrogens with one attached hydrogen (secondary N) is 1. The molecule has 1 aromatic heterocycles. The van der Waals surface area contributed by atoms with Gasteiger partial charge in [-0.1, -0.05) is 6.92 Å². The summed E-state index contributed by atoms with van der Waals surface area (Å²) in [6, 6.07) is 3.76. The molecular formula is C10H11IN2O. The molecule has 2 atom stereocenters. The minimum atomic E-state index is 0.103. The van der Waals surface area contributed by atoms with Crippen LogP contribution < -0.4 is 5.32 Å². The van der Waals surface area contributed by atoms with Crippen molar-refractivity contribution in [3.8, 4) is 0 Å². The highest BCUT2D eigenvalue weighted by Gasteiger charge is 2.39. The van der Waals surface area contributed by atoms with Crippen LogP contribution in [0.4, 0.5) is 5.82 Å². The largest absolute Gasteiger partial charge is 0.310 e. The average molecular weight is 302 g/mol. The molecule has 3 nitrogen and oxygen atoms in total. The summed E-state index contributed by atoms with van der Waals surface area (Å²) in [5.41, 5.74) is 0. The first-order chi connectivity index (χ1) is 6.66. The summed E-state index contributed by atoms with van der Waals surface area (Å²) in [7, 11) is 0. The van der Waals surface area contributed by atoms with E-state index in [9.17, 15) is 4.79 Å². The van der Waals surface area contributed by atoms with Crippen molar-refractivity contribution < 1.29 is 4.79 Å². The highest BCUT2D eigenvalue weighted by atomic mass is 127. The van der Waals surface area contributed by atoms with Crippen molar-refractivity contribution in [3.05, 3.63) is 21.9 Å². The van der Waals surface area contributed by atoms with Gasteiger partial charge >= 0.3 is 0 Å². The average Bonchev–Trinajstić information content (AvgIpc) is 2.87. The minimum Gasteiger partial charge on any atom is -0.310 e. The molecule has 0 saturated heterocycles. The third-order valence-electron chi connectivity index (χ3n) is 2.42. The molecule has 2 unspecified atom stereocenters. The van der Waals surface area contributed by atoms with Gasteiger partial charge in [-0.2, -0.15) is 0 Å². The SMILES string of the molecule is CC1CC1C(=O)Nc1ccc(I)cn1. The van der Waals surface area contributed by atoms with Crippen LogP contribution in [0.3, 0.4) is 0 Å². The zero-order valence-corrected chi connectivity index (χ0v) is 9.98. The van der Waals surface area contributed by atoms with Gasteiger partial charge in [-0.05, 0) is 47.1 Å². The lowest BCUT2D eigenvalue weighted by atomic mass is 10.3. The van der Waals surface area contributed by atoms with E-state index in [0.717, 1.165) is 9.99 Å². The Balaban J connectivity index is 1.97. The molecule has 4 heteroatoms. The first-order valence-corrected chi connectivity index (χ1v) is 5.67. The summed E-state index contributed by atoms with van der Waals surface area (Å²) in [4.78, 5) is 15.6. The first-order valence-electron chi connectivity index (χ1n) is 4.59. The Kier molecular flexibility index (Phi) is 2.71. The van der Waals surface area contributed by atoms with E-state index in [-0.39, 0.29) is 11.8 Å². The van der Waals surface area contributed by atoms with Crippen LogP contribution >= 0.6 is 22.6 Å². The standard InChI is InChI=1S/C10H11IN2O/c1-6-4-8(6)10(14)13-9-3-2-7(11)5-12-9/h2-3,5-6,8H,4H2,1H3,(H,12,13,14). The molecule has 1 fully saturated rings. The van der Waals surface area contributed by atoms with Gasteiger partial charge in [-0.15, -0.1) is 0 Å². The summed E-state index contributed by atoms with van der Waals surface area (Å²) in [6.07, 6.45) is 2.75. The van der Waals surface area contributed by atoms with Crippen molar-refractivity contribution in [2.24, 2.45) is 11.8 Å². The van der Waals surface area contributed by atoms with Gasteiger partial charge in [-0.3, -0.25) is 4.79 Å². The first kappa shape index (κ1) is 9.89. The Hall–Kier alpha value is -0.650. The number of pyridine rings is 1. The molecule has 0 radical (unpaired) electrons. The van der Waals surface area contributed by atoms with E-state index in [2.05, 4.69) is 39.8 Å². The van der Waals surface area contributed by atoms with Crippen LogP contribution in [0, 0.1) is 15.4 Å². The number of nitrogens with zero attached hydrogens (tertiary/aromatic N) is 1. The third-order valence-corrected chi connectivity index (χ3v) is 3.06. The Bertz CT molecular complexity index is 350. The van der Waals surface area contributed by atoms with Crippen molar-refractivity contribution in [2.45, 2.75) is 13.3 Å². The van der Waals surface area contributed by atoms with Gasteiger partial charge in [0, 0.05) is 15.7 Å². The molecule has 1 aromatic rings. The maximum Gasteiger partial charge on any atom is 0.228 e. The van der Waals surface area contributed by atoms with E-state index < -0.39 is 0 Å². The number of amides is 1. The van der Waals surface area contributed by atoms with Gasteiger partial charge in [0.25, 0.3) is 0 Å². The fraction of sp³-hybridized carbons (Fsp3) is 0.400. The molecule has 0 bridgehead atoms.